The minimum atomic E-state index is -0.0598. The SMILES string of the molecule is CC(C)C.CCC.Cc1ccc(C(C#N)=CC(C)c2ncc(N(P)NC(C)C)cn2)c(C)c1. The second-order valence-electron chi connectivity index (χ2n) is 9.19. The molecule has 5 nitrogen and oxygen atoms in total. The molecule has 0 fully saturated rings. The van der Waals surface area contributed by atoms with Crippen molar-refractivity contribution >= 4 is 20.7 Å². The second kappa shape index (κ2) is 16.4. The largest absolute Gasteiger partial charge is 0.291 e. The van der Waals surface area contributed by atoms with Crippen molar-refractivity contribution in [1.82, 2.24) is 15.4 Å². The standard InChI is InChI=1S/C20H26N5P.C4H10.C3H8/c1-13(2)24-25(26)18-11-22-20(23-12-18)16(5)9-17(10-21)19-7-6-14(3)8-15(19)4;1-4(2)3;1-3-2/h6-9,11-13,16,24H,26H2,1-5H3;4H,1-3H3;3H2,1-2H3. The van der Waals surface area contributed by atoms with E-state index in [-0.39, 0.29) is 5.92 Å². The van der Waals surface area contributed by atoms with Crippen LogP contribution in [-0.4, -0.2) is 16.0 Å². The summed E-state index contributed by atoms with van der Waals surface area (Å²) in [7, 11) is 2.60. The third-order valence-corrected chi connectivity index (χ3v) is 4.40. The molecule has 0 spiro atoms. The Morgan fingerprint density at radius 3 is 2.03 bits per heavy atom. The zero-order chi connectivity index (χ0) is 25.6. The molecule has 1 aromatic heterocycles. The molecule has 0 aliphatic carbocycles. The molecule has 1 aromatic carbocycles. The van der Waals surface area contributed by atoms with Crippen LogP contribution in [0.5, 0.6) is 0 Å². The average molecular weight is 470 g/mol. The van der Waals surface area contributed by atoms with Gasteiger partial charge in [0.1, 0.15) is 5.82 Å². The molecule has 6 heteroatoms. The molecule has 182 valence electrons. The van der Waals surface area contributed by atoms with Crippen molar-refractivity contribution in [3.8, 4) is 6.07 Å². The first-order chi connectivity index (χ1) is 15.5. The number of nitrogens with zero attached hydrogens (tertiary/aromatic N) is 4. The summed E-state index contributed by atoms with van der Waals surface area (Å²) >= 11 is 0. The van der Waals surface area contributed by atoms with Crippen molar-refractivity contribution in [2.24, 2.45) is 5.92 Å². The number of aryl methyl sites for hydroxylation is 2. The Morgan fingerprint density at radius 1 is 1.09 bits per heavy atom. The van der Waals surface area contributed by atoms with E-state index in [2.05, 4.69) is 85.4 Å². The molecule has 0 aliphatic heterocycles. The van der Waals surface area contributed by atoms with E-state index in [1.54, 1.807) is 12.4 Å². The average Bonchev–Trinajstić information content (AvgIpc) is 2.72. The van der Waals surface area contributed by atoms with Gasteiger partial charge in [-0.15, -0.1) is 0 Å². The van der Waals surface area contributed by atoms with Gasteiger partial charge < -0.3 is 0 Å². The van der Waals surface area contributed by atoms with Crippen molar-refractivity contribution < 1.29 is 0 Å². The summed E-state index contributed by atoms with van der Waals surface area (Å²) in [6.45, 7) is 21.0. The predicted molar refractivity (Wildman–Crippen MR) is 147 cm³/mol. The first-order valence-electron chi connectivity index (χ1n) is 11.8. The Morgan fingerprint density at radius 2 is 1.61 bits per heavy atom. The van der Waals surface area contributed by atoms with Crippen LogP contribution in [0.3, 0.4) is 0 Å². The molecule has 2 aromatic rings. The minimum absolute atomic E-state index is 0.0598. The molecule has 1 heterocycles. The van der Waals surface area contributed by atoms with Crippen LogP contribution in [-0.2, 0) is 0 Å². The van der Waals surface area contributed by atoms with E-state index in [1.165, 1.54) is 12.0 Å². The number of allylic oxidation sites excluding steroid dienone is 2. The zero-order valence-electron chi connectivity index (χ0n) is 22.3. The normalized spacial score (nSPS) is 11.7. The molecule has 0 bridgehead atoms. The topological polar surface area (TPSA) is 64.8 Å². The van der Waals surface area contributed by atoms with Crippen molar-refractivity contribution in [3.63, 3.8) is 0 Å². The van der Waals surface area contributed by atoms with E-state index in [4.69, 9.17) is 0 Å². The molecule has 2 rings (SSSR count). The first kappa shape index (κ1) is 30.7. The van der Waals surface area contributed by atoms with Gasteiger partial charge in [0.05, 0.1) is 29.7 Å². The van der Waals surface area contributed by atoms with E-state index >= 15 is 0 Å². The molecule has 1 N–H and O–H groups in total. The lowest BCUT2D eigenvalue weighted by Gasteiger charge is -2.22. The first-order valence-corrected chi connectivity index (χ1v) is 12.3. The van der Waals surface area contributed by atoms with E-state index in [1.807, 2.05) is 43.8 Å². The Labute approximate surface area is 205 Å². The van der Waals surface area contributed by atoms with E-state index < -0.39 is 0 Å². The third-order valence-electron chi connectivity index (χ3n) is 3.95. The number of hydrazine groups is 1. The summed E-state index contributed by atoms with van der Waals surface area (Å²) in [5, 5.41) is 9.59. The highest BCUT2D eigenvalue weighted by Crippen LogP contribution is 2.24. The second-order valence-corrected chi connectivity index (χ2v) is 9.71. The molecule has 0 amide bonds. The quantitative estimate of drug-likeness (QED) is 0.271. The highest BCUT2D eigenvalue weighted by molar-refractivity contribution is 7.18. The van der Waals surface area contributed by atoms with Crippen molar-refractivity contribution in [3.05, 3.63) is 59.2 Å². The summed E-state index contributed by atoms with van der Waals surface area (Å²) in [5.74, 6) is 1.46. The van der Waals surface area contributed by atoms with Gasteiger partial charge in [-0.1, -0.05) is 77.8 Å². The molecule has 0 radical (unpaired) electrons. The number of rotatable bonds is 6. The highest BCUT2D eigenvalue weighted by atomic mass is 31.0. The summed E-state index contributed by atoms with van der Waals surface area (Å²) < 4.78 is 1.82. The Bertz CT molecular complexity index is 880. The summed E-state index contributed by atoms with van der Waals surface area (Å²) in [4.78, 5) is 8.93. The van der Waals surface area contributed by atoms with Crippen LogP contribution in [0.1, 0.15) is 90.2 Å². The lowest BCUT2D eigenvalue weighted by Crippen LogP contribution is -2.35. The van der Waals surface area contributed by atoms with Gasteiger partial charge in [-0.2, -0.15) is 5.26 Å². The molecule has 2 unspecified atom stereocenters. The smallest absolute Gasteiger partial charge is 0.134 e. The molecule has 0 aliphatic rings. The van der Waals surface area contributed by atoms with Crippen LogP contribution < -0.4 is 10.2 Å². The lowest BCUT2D eigenvalue weighted by molar-refractivity contribution is 0.623. The maximum Gasteiger partial charge on any atom is 0.134 e. The summed E-state index contributed by atoms with van der Waals surface area (Å²) in [6.07, 6.45) is 6.73. The highest BCUT2D eigenvalue weighted by Gasteiger charge is 2.12. The molecule has 0 saturated carbocycles. The maximum atomic E-state index is 9.59. The number of aromatic nitrogens is 2. The summed E-state index contributed by atoms with van der Waals surface area (Å²) in [5.41, 5.74) is 7.99. The van der Waals surface area contributed by atoms with E-state index in [9.17, 15) is 5.26 Å². The third kappa shape index (κ3) is 12.5. The maximum absolute atomic E-state index is 9.59. The molecular formula is C27H44N5P. The Hall–Kier alpha value is -2.28. The van der Waals surface area contributed by atoms with Crippen molar-refractivity contribution in [2.45, 2.75) is 87.6 Å². The van der Waals surface area contributed by atoms with Gasteiger partial charge in [-0.25, -0.2) is 15.4 Å². The molecule has 0 saturated heterocycles. The van der Waals surface area contributed by atoms with Crippen LogP contribution in [0.15, 0.2) is 36.7 Å². The minimum Gasteiger partial charge on any atom is -0.291 e. The molecular weight excluding hydrogens is 425 g/mol. The monoisotopic (exact) mass is 469 g/mol. The lowest BCUT2D eigenvalue weighted by atomic mass is 9.96. The predicted octanol–water partition coefficient (Wildman–Crippen LogP) is 7.39. The van der Waals surface area contributed by atoms with Gasteiger partial charge in [0.25, 0.3) is 0 Å². The van der Waals surface area contributed by atoms with Gasteiger partial charge in [0.2, 0.25) is 0 Å². The van der Waals surface area contributed by atoms with Gasteiger partial charge in [-0.3, -0.25) is 4.78 Å². The number of hydrogen-bond donors (Lipinski definition) is 1. The van der Waals surface area contributed by atoms with Crippen LogP contribution >= 0.6 is 9.39 Å². The number of nitriles is 1. The van der Waals surface area contributed by atoms with Crippen molar-refractivity contribution in [1.29, 1.82) is 5.26 Å². The van der Waals surface area contributed by atoms with Crippen LogP contribution in [0, 0.1) is 31.1 Å². The fraction of sp³-hybridized carbons (Fsp3) is 0.519. The fourth-order valence-corrected chi connectivity index (χ4v) is 3.10. The van der Waals surface area contributed by atoms with Crippen molar-refractivity contribution in [2.75, 3.05) is 4.78 Å². The van der Waals surface area contributed by atoms with Gasteiger partial charge in [-0.05, 0) is 54.1 Å². The zero-order valence-corrected chi connectivity index (χ0v) is 23.4. The van der Waals surface area contributed by atoms with Crippen LogP contribution in [0.25, 0.3) is 5.57 Å². The molecule has 2 atom stereocenters. The van der Waals surface area contributed by atoms with Crippen LogP contribution in [0.2, 0.25) is 0 Å². The number of hydrogen-bond acceptors (Lipinski definition) is 5. The fourth-order valence-electron chi connectivity index (χ4n) is 2.67. The summed E-state index contributed by atoms with van der Waals surface area (Å²) in [6, 6.07) is 8.74. The van der Waals surface area contributed by atoms with Crippen LogP contribution in [0.4, 0.5) is 5.69 Å². The number of benzene rings is 1. The Kier molecular flexibility index (Phi) is 15.2. The van der Waals surface area contributed by atoms with E-state index in [0.29, 0.717) is 17.4 Å². The van der Waals surface area contributed by atoms with Gasteiger partial charge in [0.15, 0.2) is 0 Å². The number of anilines is 1. The molecule has 33 heavy (non-hydrogen) atoms. The number of nitrogens with one attached hydrogen (secondary N) is 1. The van der Waals surface area contributed by atoms with Gasteiger partial charge >= 0.3 is 0 Å². The Balaban J connectivity index is 0.00000129. The van der Waals surface area contributed by atoms with Gasteiger partial charge in [0, 0.05) is 12.0 Å². The van der Waals surface area contributed by atoms with E-state index in [0.717, 1.165) is 22.7 Å².